The van der Waals surface area contributed by atoms with E-state index in [0.717, 1.165) is 0 Å². The minimum atomic E-state index is -0.484. The van der Waals surface area contributed by atoms with E-state index in [0.29, 0.717) is 14.9 Å². The Hall–Kier alpha value is -0.140. The summed E-state index contributed by atoms with van der Waals surface area (Å²) in [7, 11) is 1.44. The first-order valence-corrected chi connectivity index (χ1v) is 4.73. The number of allylic oxidation sites excluding steroid dienone is 4. The van der Waals surface area contributed by atoms with Gasteiger partial charge in [-0.3, -0.25) is 16.0 Å². The van der Waals surface area contributed by atoms with Gasteiger partial charge in [0.05, 0.1) is 22.0 Å². The van der Waals surface area contributed by atoms with Crippen LogP contribution in [0.2, 0.25) is 0 Å². The van der Waals surface area contributed by atoms with Gasteiger partial charge in [-0.2, -0.15) is 0 Å². The minimum Gasteiger partial charge on any atom is -0.763 e. The van der Waals surface area contributed by atoms with Crippen LogP contribution in [0.3, 0.4) is 0 Å². The van der Waals surface area contributed by atoms with Crippen molar-refractivity contribution in [3.63, 3.8) is 0 Å². The summed E-state index contributed by atoms with van der Waals surface area (Å²) in [5.74, 6) is 2.33. The largest absolute Gasteiger partial charge is 1.00 e. The zero-order valence-electron chi connectivity index (χ0n) is 8.28. The van der Waals surface area contributed by atoms with Gasteiger partial charge in [-0.25, -0.2) is 0 Å². The van der Waals surface area contributed by atoms with Crippen LogP contribution in [0.4, 0.5) is 0 Å². The molecule has 0 N–H and O–H groups in total. The van der Waals surface area contributed by atoms with Crippen molar-refractivity contribution in [3.05, 3.63) is 42.2 Å². The fourth-order valence-corrected chi connectivity index (χ4v) is 2.00. The Morgan fingerprint density at radius 2 is 2.33 bits per heavy atom. The first-order valence-electron chi connectivity index (χ1n) is 3.65. The topological polar surface area (TPSA) is 74.7 Å². The number of halogens is 1. The molecular formula is C8H6IN2NaO3. The van der Waals surface area contributed by atoms with E-state index < -0.39 is 4.92 Å². The molecule has 15 heavy (non-hydrogen) atoms. The molecule has 1 aliphatic rings. The van der Waals surface area contributed by atoms with Crippen molar-refractivity contribution in [3.8, 4) is 0 Å². The van der Waals surface area contributed by atoms with Gasteiger partial charge in [0.2, 0.25) is 0 Å². The van der Waals surface area contributed by atoms with Gasteiger partial charge in [0.25, 0.3) is 5.70 Å². The standard InChI is InChI=1S/C8H6IN2O3.Na/c1-14-8-5(4-10)2-6(11(12)13)3-7(8)9;/h3H,2H2,1H3;/q-1;+1. The second-order valence-electron chi connectivity index (χ2n) is 2.54. The molecule has 0 saturated heterocycles. The molecule has 0 fully saturated rings. The number of ether oxygens (including phenoxy) is 1. The minimum absolute atomic E-state index is 0. The van der Waals surface area contributed by atoms with Crippen molar-refractivity contribution in [1.82, 2.24) is 0 Å². The fourth-order valence-electron chi connectivity index (χ4n) is 1.10. The Bertz CT molecular complexity index is 397. The molecule has 0 bridgehead atoms. The molecule has 1 rings (SSSR count). The SMILES string of the molecule is COC1=C(I)C=C([N+](=O)[O-])CC1=C=[N-].[Na+]. The van der Waals surface area contributed by atoms with Crippen LogP contribution in [0.25, 0.3) is 5.41 Å². The molecule has 0 aliphatic heterocycles. The predicted molar refractivity (Wildman–Crippen MR) is 59.6 cm³/mol. The van der Waals surface area contributed by atoms with Crippen molar-refractivity contribution in [2.24, 2.45) is 0 Å². The van der Waals surface area contributed by atoms with E-state index in [4.69, 9.17) is 10.1 Å². The molecular weight excluding hydrogens is 322 g/mol. The molecule has 0 aromatic carbocycles. The fraction of sp³-hybridized carbons (Fsp3) is 0.250. The average molecular weight is 328 g/mol. The maximum atomic E-state index is 10.5. The second-order valence-corrected chi connectivity index (χ2v) is 3.70. The Kier molecular flexibility index (Phi) is 6.38. The molecule has 0 aromatic heterocycles. The van der Waals surface area contributed by atoms with Crippen molar-refractivity contribution in [1.29, 1.82) is 0 Å². The molecule has 0 unspecified atom stereocenters. The first kappa shape index (κ1) is 14.9. The summed E-state index contributed by atoms with van der Waals surface area (Å²) in [4.78, 5) is 10.0. The summed E-state index contributed by atoms with van der Waals surface area (Å²) >= 11 is 1.91. The predicted octanol–water partition coefficient (Wildman–Crippen LogP) is -0.987. The van der Waals surface area contributed by atoms with Gasteiger partial charge in [0.1, 0.15) is 5.76 Å². The van der Waals surface area contributed by atoms with Gasteiger partial charge >= 0.3 is 29.6 Å². The van der Waals surface area contributed by atoms with Crippen LogP contribution in [0.1, 0.15) is 6.42 Å². The molecule has 7 heteroatoms. The third-order valence-electron chi connectivity index (χ3n) is 1.72. The van der Waals surface area contributed by atoms with E-state index in [1.807, 2.05) is 28.5 Å². The van der Waals surface area contributed by atoms with Gasteiger partial charge in [0.15, 0.2) is 0 Å². The van der Waals surface area contributed by atoms with Crippen LogP contribution in [0.15, 0.2) is 26.7 Å². The van der Waals surface area contributed by atoms with Crippen molar-refractivity contribution >= 4 is 28.5 Å². The van der Waals surface area contributed by atoms with Gasteiger partial charge in [0, 0.05) is 11.6 Å². The van der Waals surface area contributed by atoms with Gasteiger partial charge in [-0.1, -0.05) is 0 Å². The molecule has 0 spiro atoms. The van der Waals surface area contributed by atoms with Crippen molar-refractivity contribution in [2.75, 3.05) is 7.11 Å². The molecule has 74 valence electrons. The van der Waals surface area contributed by atoms with Crippen LogP contribution in [0.5, 0.6) is 0 Å². The monoisotopic (exact) mass is 328 g/mol. The third-order valence-corrected chi connectivity index (χ3v) is 2.52. The Balaban J connectivity index is 0.00000196. The number of methoxy groups -OCH3 is 1. The van der Waals surface area contributed by atoms with Gasteiger partial charge < -0.3 is 10.1 Å². The molecule has 0 atom stereocenters. The van der Waals surface area contributed by atoms with E-state index in [-0.39, 0.29) is 41.7 Å². The van der Waals surface area contributed by atoms with E-state index in [1.54, 1.807) is 0 Å². The molecule has 0 amide bonds. The number of nitro groups is 1. The maximum Gasteiger partial charge on any atom is 1.00 e. The zero-order chi connectivity index (χ0) is 10.7. The summed E-state index contributed by atoms with van der Waals surface area (Å²) in [5.41, 5.74) is 0.317. The van der Waals surface area contributed by atoms with Crippen molar-refractivity contribution < 1.29 is 39.2 Å². The van der Waals surface area contributed by atoms with Gasteiger partial charge in [-0.05, 0) is 22.6 Å². The number of nitrogens with zero attached hydrogens (tertiary/aromatic N) is 2. The molecule has 5 nitrogen and oxygen atoms in total. The maximum absolute atomic E-state index is 10.5. The third kappa shape index (κ3) is 3.42. The summed E-state index contributed by atoms with van der Waals surface area (Å²) in [6.07, 6.45) is 1.44. The summed E-state index contributed by atoms with van der Waals surface area (Å²) in [6.45, 7) is 0. The zero-order valence-corrected chi connectivity index (χ0v) is 12.4. The molecule has 0 aromatic rings. The van der Waals surface area contributed by atoms with Crippen LogP contribution < -0.4 is 29.6 Å². The van der Waals surface area contributed by atoms with Crippen molar-refractivity contribution in [2.45, 2.75) is 6.42 Å². The molecule has 0 heterocycles. The quantitative estimate of drug-likeness (QED) is 0.215. The average Bonchev–Trinajstić information content (AvgIpc) is 2.16. The van der Waals surface area contributed by atoms with E-state index in [1.165, 1.54) is 13.2 Å². The molecule has 0 saturated carbocycles. The Morgan fingerprint density at radius 3 is 2.73 bits per heavy atom. The van der Waals surface area contributed by atoms with Gasteiger partial charge in [-0.15, -0.1) is 0 Å². The van der Waals surface area contributed by atoms with Crippen LogP contribution in [0, 0.1) is 10.1 Å². The summed E-state index contributed by atoms with van der Waals surface area (Å²) in [6, 6.07) is 0. The Labute approximate surface area is 122 Å². The van der Waals surface area contributed by atoms with Crippen LogP contribution in [-0.4, -0.2) is 17.9 Å². The molecule has 0 radical (unpaired) electrons. The smallest absolute Gasteiger partial charge is 0.763 e. The summed E-state index contributed by atoms with van der Waals surface area (Å²) in [5, 5.41) is 19.3. The number of hydrogen-bond acceptors (Lipinski definition) is 3. The first-order chi connectivity index (χ1) is 6.60. The van der Waals surface area contributed by atoms with Crippen LogP contribution in [-0.2, 0) is 4.74 Å². The molecule has 1 aliphatic carbocycles. The van der Waals surface area contributed by atoms with E-state index >= 15 is 0 Å². The number of rotatable bonds is 2. The van der Waals surface area contributed by atoms with Crippen LogP contribution >= 0.6 is 22.6 Å². The number of hydrogen-bond donors (Lipinski definition) is 0. The van der Waals surface area contributed by atoms with E-state index in [2.05, 4.69) is 0 Å². The second kappa shape index (κ2) is 6.44. The van der Waals surface area contributed by atoms with E-state index in [9.17, 15) is 10.1 Å². The normalized spacial score (nSPS) is 15.1. The Morgan fingerprint density at radius 1 is 1.73 bits per heavy atom. The summed E-state index contributed by atoms with van der Waals surface area (Å²) < 4.78 is 5.56.